The molecule has 0 aliphatic heterocycles. The lowest BCUT2D eigenvalue weighted by Gasteiger charge is -2.06. The minimum atomic E-state index is 0.782. The van der Waals surface area contributed by atoms with Crippen molar-refractivity contribution in [1.82, 2.24) is 0 Å². The molecule has 0 aliphatic carbocycles. The van der Waals surface area contributed by atoms with Gasteiger partial charge < -0.3 is 5.84 Å². The molecule has 4 heteroatoms. The lowest BCUT2D eigenvalue weighted by Crippen LogP contribution is -2.06. The van der Waals surface area contributed by atoms with Crippen molar-refractivity contribution in [1.29, 1.82) is 0 Å². The third kappa shape index (κ3) is 2.96. The van der Waals surface area contributed by atoms with Crippen LogP contribution in [-0.2, 0) is 0 Å². The molecular formula is C13H10Br2N2. The molecular weight excluding hydrogens is 344 g/mol. The summed E-state index contributed by atoms with van der Waals surface area (Å²) < 4.78 is 2.07. The second kappa shape index (κ2) is 5.47. The van der Waals surface area contributed by atoms with E-state index in [1.165, 1.54) is 0 Å². The van der Waals surface area contributed by atoms with Crippen LogP contribution in [0.5, 0.6) is 0 Å². The van der Waals surface area contributed by atoms with Crippen LogP contribution in [0.3, 0.4) is 0 Å². The van der Waals surface area contributed by atoms with E-state index in [0.717, 1.165) is 25.8 Å². The number of hydrogen-bond acceptors (Lipinski definition) is 2. The highest BCUT2D eigenvalue weighted by molar-refractivity contribution is 9.10. The van der Waals surface area contributed by atoms with Crippen LogP contribution < -0.4 is 5.84 Å². The van der Waals surface area contributed by atoms with Crippen LogP contribution in [0, 0.1) is 0 Å². The molecule has 0 atom stereocenters. The van der Waals surface area contributed by atoms with Crippen molar-refractivity contribution in [2.24, 2.45) is 10.9 Å². The SMILES string of the molecule is NN=C(c1ccc(Br)cc1)c1ccc(Br)cc1. The second-order valence-corrected chi connectivity index (χ2v) is 5.32. The number of nitrogens with zero attached hydrogens (tertiary/aromatic N) is 1. The zero-order valence-corrected chi connectivity index (χ0v) is 12.1. The number of halogens is 2. The zero-order valence-electron chi connectivity index (χ0n) is 8.90. The molecule has 2 aromatic carbocycles. The lowest BCUT2D eigenvalue weighted by molar-refractivity contribution is 1.24. The van der Waals surface area contributed by atoms with Gasteiger partial charge >= 0.3 is 0 Å². The fourth-order valence-electron chi connectivity index (χ4n) is 1.53. The average molecular weight is 354 g/mol. The summed E-state index contributed by atoms with van der Waals surface area (Å²) in [7, 11) is 0. The zero-order chi connectivity index (χ0) is 12.3. The van der Waals surface area contributed by atoms with Crippen LogP contribution in [0.25, 0.3) is 0 Å². The predicted octanol–water partition coefficient (Wildman–Crippen LogP) is 3.92. The number of hydrazone groups is 1. The minimum Gasteiger partial charge on any atom is -0.323 e. The van der Waals surface area contributed by atoms with Crippen molar-refractivity contribution >= 4 is 37.6 Å². The summed E-state index contributed by atoms with van der Waals surface area (Å²) in [6.07, 6.45) is 0. The highest BCUT2D eigenvalue weighted by atomic mass is 79.9. The molecule has 2 rings (SSSR count). The third-order valence-electron chi connectivity index (χ3n) is 2.36. The molecule has 0 spiro atoms. The number of nitrogens with two attached hydrogens (primary N) is 1. The number of benzene rings is 2. The van der Waals surface area contributed by atoms with E-state index >= 15 is 0 Å². The Balaban J connectivity index is 2.41. The van der Waals surface area contributed by atoms with E-state index in [4.69, 9.17) is 5.84 Å². The van der Waals surface area contributed by atoms with Gasteiger partial charge in [0.1, 0.15) is 0 Å². The average Bonchev–Trinajstić information content (AvgIpc) is 2.35. The Hall–Kier alpha value is -1.13. The van der Waals surface area contributed by atoms with Crippen molar-refractivity contribution < 1.29 is 0 Å². The maximum absolute atomic E-state index is 5.48. The molecule has 0 unspecified atom stereocenters. The third-order valence-corrected chi connectivity index (χ3v) is 3.42. The quantitative estimate of drug-likeness (QED) is 0.496. The molecule has 0 bridgehead atoms. The normalized spacial score (nSPS) is 10.0. The van der Waals surface area contributed by atoms with Crippen LogP contribution in [-0.4, -0.2) is 5.71 Å². The molecule has 86 valence electrons. The summed E-state index contributed by atoms with van der Waals surface area (Å²) in [6.45, 7) is 0. The van der Waals surface area contributed by atoms with Gasteiger partial charge in [-0.1, -0.05) is 56.1 Å². The first kappa shape index (κ1) is 12.3. The summed E-state index contributed by atoms with van der Waals surface area (Å²) in [6, 6.07) is 15.8. The van der Waals surface area contributed by atoms with Crippen LogP contribution in [0.4, 0.5) is 0 Å². The van der Waals surface area contributed by atoms with E-state index in [2.05, 4.69) is 37.0 Å². The molecule has 0 heterocycles. The van der Waals surface area contributed by atoms with Crippen molar-refractivity contribution in [3.8, 4) is 0 Å². The topological polar surface area (TPSA) is 38.4 Å². The number of rotatable bonds is 2. The molecule has 0 saturated heterocycles. The summed E-state index contributed by atoms with van der Waals surface area (Å²) in [5.74, 6) is 5.48. The van der Waals surface area contributed by atoms with E-state index in [0.29, 0.717) is 0 Å². The molecule has 0 fully saturated rings. The molecule has 2 nitrogen and oxygen atoms in total. The minimum absolute atomic E-state index is 0.782. The van der Waals surface area contributed by atoms with Gasteiger partial charge in [0.05, 0.1) is 5.71 Å². The smallest absolute Gasteiger partial charge is 0.0971 e. The largest absolute Gasteiger partial charge is 0.323 e. The van der Waals surface area contributed by atoms with Gasteiger partial charge in [0.25, 0.3) is 0 Å². The molecule has 0 aromatic heterocycles. The Labute approximate surface area is 117 Å². The summed E-state index contributed by atoms with van der Waals surface area (Å²) >= 11 is 6.81. The molecule has 17 heavy (non-hydrogen) atoms. The van der Waals surface area contributed by atoms with E-state index in [1.807, 2.05) is 48.5 Å². The lowest BCUT2D eigenvalue weighted by atomic mass is 10.0. The van der Waals surface area contributed by atoms with Crippen molar-refractivity contribution in [3.63, 3.8) is 0 Å². The van der Waals surface area contributed by atoms with E-state index in [1.54, 1.807) is 0 Å². The predicted molar refractivity (Wildman–Crippen MR) is 78.1 cm³/mol. The Kier molecular flexibility index (Phi) is 3.97. The van der Waals surface area contributed by atoms with Gasteiger partial charge in [-0.25, -0.2) is 0 Å². The van der Waals surface area contributed by atoms with Crippen molar-refractivity contribution in [2.75, 3.05) is 0 Å². The van der Waals surface area contributed by atoms with E-state index < -0.39 is 0 Å². The summed E-state index contributed by atoms with van der Waals surface area (Å²) in [5, 5.41) is 3.87. The molecule has 0 saturated carbocycles. The molecule has 0 radical (unpaired) electrons. The first-order valence-electron chi connectivity index (χ1n) is 5.00. The first-order chi connectivity index (χ1) is 8.20. The van der Waals surface area contributed by atoms with Gasteiger partial charge in [-0.3, -0.25) is 0 Å². The Morgan fingerprint density at radius 1 is 0.765 bits per heavy atom. The van der Waals surface area contributed by atoms with Gasteiger partial charge in [-0.15, -0.1) is 0 Å². The van der Waals surface area contributed by atoms with Crippen LogP contribution in [0.15, 0.2) is 62.6 Å². The Morgan fingerprint density at radius 2 is 1.12 bits per heavy atom. The van der Waals surface area contributed by atoms with Crippen molar-refractivity contribution in [2.45, 2.75) is 0 Å². The van der Waals surface area contributed by atoms with Gasteiger partial charge in [-0.2, -0.15) is 5.10 Å². The number of hydrogen-bond donors (Lipinski definition) is 1. The maximum atomic E-state index is 5.48. The van der Waals surface area contributed by atoms with Gasteiger partial charge in [0.15, 0.2) is 0 Å². The van der Waals surface area contributed by atoms with Crippen LogP contribution >= 0.6 is 31.9 Å². The molecule has 0 amide bonds. The summed E-state index contributed by atoms with van der Waals surface area (Å²) in [5.41, 5.74) is 2.78. The van der Waals surface area contributed by atoms with Crippen LogP contribution in [0.1, 0.15) is 11.1 Å². The molecule has 2 aromatic rings. The van der Waals surface area contributed by atoms with E-state index in [-0.39, 0.29) is 0 Å². The van der Waals surface area contributed by atoms with Gasteiger partial charge in [0.2, 0.25) is 0 Å². The van der Waals surface area contributed by atoms with Crippen molar-refractivity contribution in [3.05, 3.63) is 68.6 Å². The molecule has 2 N–H and O–H groups in total. The fourth-order valence-corrected chi connectivity index (χ4v) is 2.06. The Morgan fingerprint density at radius 3 is 1.41 bits per heavy atom. The monoisotopic (exact) mass is 352 g/mol. The second-order valence-electron chi connectivity index (χ2n) is 3.49. The highest BCUT2D eigenvalue weighted by Gasteiger charge is 2.06. The fraction of sp³-hybridized carbons (Fsp3) is 0. The van der Waals surface area contributed by atoms with Gasteiger partial charge in [0, 0.05) is 20.1 Å². The maximum Gasteiger partial charge on any atom is 0.0971 e. The first-order valence-corrected chi connectivity index (χ1v) is 6.59. The van der Waals surface area contributed by atoms with Crippen LogP contribution in [0.2, 0.25) is 0 Å². The summed E-state index contributed by atoms with van der Waals surface area (Å²) in [4.78, 5) is 0. The standard InChI is InChI=1S/C13H10Br2N2/c14-11-5-1-9(2-6-11)13(17-16)10-3-7-12(15)8-4-10/h1-8H,16H2. The highest BCUT2D eigenvalue weighted by Crippen LogP contribution is 2.17. The Bertz CT molecular complexity index is 483. The van der Waals surface area contributed by atoms with Gasteiger partial charge in [-0.05, 0) is 24.3 Å². The van der Waals surface area contributed by atoms with E-state index in [9.17, 15) is 0 Å². The molecule has 0 aliphatic rings.